The van der Waals surface area contributed by atoms with Crippen LogP contribution in [-0.4, -0.2) is 49.2 Å². The zero-order valence-corrected chi connectivity index (χ0v) is 13.4. The molecule has 1 aliphatic heterocycles. The fourth-order valence-corrected chi connectivity index (χ4v) is 4.25. The third kappa shape index (κ3) is 3.42. The van der Waals surface area contributed by atoms with Crippen molar-refractivity contribution >= 4 is 5.91 Å². The smallest absolute Gasteiger partial charge is 0.225 e. The molecule has 2 aliphatic carbocycles. The van der Waals surface area contributed by atoms with E-state index in [2.05, 4.69) is 10.2 Å². The quantitative estimate of drug-likeness (QED) is 0.846. The highest BCUT2D eigenvalue weighted by atomic mass is 16.5. The minimum Gasteiger partial charge on any atom is -0.383 e. The molecule has 21 heavy (non-hydrogen) atoms. The van der Waals surface area contributed by atoms with E-state index in [0.717, 1.165) is 45.4 Å². The molecular formula is C17H30N2O2. The van der Waals surface area contributed by atoms with E-state index in [1.165, 1.54) is 32.1 Å². The molecule has 2 saturated carbocycles. The van der Waals surface area contributed by atoms with Gasteiger partial charge in [0.1, 0.15) is 0 Å². The van der Waals surface area contributed by atoms with Gasteiger partial charge in [0, 0.05) is 37.7 Å². The lowest BCUT2D eigenvalue weighted by Crippen LogP contribution is -2.55. The molecule has 4 heteroatoms. The molecule has 0 aromatic rings. The minimum atomic E-state index is 0.208. The first-order valence-corrected chi connectivity index (χ1v) is 8.78. The first-order valence-electron chi connectivity index (χ1n) is 8.78. The van der Waals surface area contributed by atoms with E-state index in [0.29, 0.717) is 17.9 Å². The van der Waals surface area contributed by atoms with Gasteiger partial charge in [0.2, 0.25) is 5.91 Å². The molecule has 4 nitrogen and oxygen atoms in total. The Hall–Kier alpha value is -0.610. The van der Waals surface area contributed by atoms with Crippen molar-refractivity contribution in [3.63, 3.8) is 0 Å². The monoisotopic (exact) mass is 294 g/mol. The Morgan fingerprint density at radius 1 is 1.14 bits per heavy atom. The first kappa shape index (κ1) is 15.3. The SMILES string of the molecule is COCC1(NC2CCN(C(=O)C3CCC3)CC2)CCCC1. The van der Waals surface area contributed by atoms with Crippen LogP contribution in [-0.2, 0) is 9.53 Å². The molecule has 3 aliphatic rings. The molecule has 0 atom stereocenters. The number of methoxy groups -OCH3 is 1. The number of nitrogens with zero attached hydrogens (tertiary/aromatic N) is 1. The minimum absolute atomic E-state index is 0.208. The summed E-state index contributed by atoms with van der Waals surface area (Å²) >= 11 is 0. The summed E-state index contributed by atoms with van der Waals surface area (Å²) in [7, 11) is 1.81. The van der Waals surface area contributed by atoms with Gasteiger partial charge in [-0.15, -0.1) is 0 Å². The van der Waals surface area contributed by atoms with Crippen molar-refractivity contribution in [3.8, 4) is 0 Å². The maximum absolute atomic E-state index is 12.3. The van der Waals surface area contributed by atoms with Gasteiger partial charge in [0.15, 0.2) is 0 Å². The summed E-state index contributed by atoms with van der Waals surface area (Å²) in [6.07, 6.45) is 10.8. The number of carbonyl (C=O) groups excluding carboxylic acids is 1. The third-order valence-electron chi connectivity index (χ3n) is 5.75. The molecule has 120 valence electrons. The number of hydrogen-bond acceptors (Lipinski definition) is 3. The highest BCUT2D eigenvalue weighted by Gasteiger charge is 2.37. The average molecular weight is 294 g/mol. The standard InChI is InChI=1S/C17H30N2O2/c1-21-13-17(9-2-3-10-17)18-15-7-11-19(12-8-15)16(20)14-5-4-6-14/h14-15,18H,2-13H2,1H3. The Balaban J connectivity index is 1.47. The second-order valence-corrected chi connectivity index (χ2v) is 7.29. The molecule has 0 unspecified atom stereocenters. The average Bonchev–Trinajstić information content (AvgIpc) is 2.86. The summed E-state index contributed by atoms with van der Waals surface area (Å²) in [4.78, 5) is 14.4. The number of rotatable bonds is 5. The van der Waals surface area contributed by atoms with Crippen LogP contribution in [0.15, 0.2) is 0 Å². The summed E-state index contributed by atoms with van der Waals surface area (Å²) in [5.74, 6) is 0.774. The summed E-state index contributed by atoms with van der Waals surface area (Å²) in [6.45, 7) is 2.71. The number of amides is 1. The topological polar surface area (TPSA) is 41.6 Å². The van der Waals surface area contributed by atoms with Gasteiger partial charge < -0.3 is 15.0 Å². The molecule has 0 bridgehead atoms. The molecule has 0 aromatic heterocycles. The molecular weight excluding hydrogens is 264 g/mol. The second-order valence-electron chi connectivity index (χ2n) is 7.29. The number of carbonyl (C=O) groups is 1. The fraction of sp³-hybridized carbons (Fsp3) is 0.941. The van der Waals surface area contributed by atoms with Gasteiger partial charge in [-0.3, -0.25) is 4.79 Å². The van der Waals surface area contributed by atoms with Gasteiger partial charge in [-0.05, 0) is 38.5 Å². The van der Waals surface area contributed by atoms with Gasteiger partial charge in [0.25, 0.3) is 0 Å². The maximum Gasteiger partial charge on any atom is 0.225 e. The normalized spacial score (nSPS) is 26.8. The van der Waals surface area contributed by atoms with E-state index in [1.807, 2.05) is 7.11 Å². The number of likely N-dealkylation sites (tertiary alicyclic amines) is 1. The van der Waals surface area contributed by atoms with Crippen LogP contribution in [0.2, 0.25) is 0 Å². The largest absolute Gasteiger partial charge is 0.383 e. The van der Waals surface area contributed by atoms with E-state index >= 15 is 0 Å². The van der Waals surface area contributed by atoms with Crippen molar-refractivity contribution in [2.45, 2.75) is 69.4 Å². The van der Waals surface area contributed by atoms with Crippen molar-refractivity contribution in [2.75, 3.05) is 26.8 Å². The number of hydrogen-bond donors (Lipinski definition) is 1. The van der Waals surface area contributed by atoms with Crippen molar-refractivity contribution in [1.29, 1.82) is 0 Å². The van der Waals surface area contributed by atoms with Crippen LogP contribution in [0.5, 0.6) is 0 Å². The predicted octanol–water partition coefficient (Wildman–Crippen LogP) is 2.33. The number of piperidine rings is 1. The summed E-state index contributed by atoms with van der Waals surface area (Å²) in [5, 5.41) is 3.89. The molecule has 0 radical (unpaired) electrons. The van der Waals surface area contributed by atoms with E-state index in [1.54, 1.807) is 0 Å². The lowest BCUT2D eigenvalue weighted by atomic mass is 9.84. The maximum atomic E-state index is 12.3. The number of nitrogens with one attached hydrogen (secondary N) is 1. The third-order valence-corrected chi connectivity index (χ3v) is 5.75. The van der Waals surface area contributed by atoms with Crippen molar-refractivity contribution in [3.05, 3.63) is 0 Å². The van der Waals surface area contributed by atoms with Crippen LogP contribution in [0.25, 0.3) is 0 Å². The van der Waals surface area contributed by atoms with Crippen LogP contribution >= 0.6 is 0 Å². The van der Waals surface area contributed by atoms with E-state index in [4.69, 9.17) is 4.74 Å². The van der Waals surface area contributed by atoms with Crippen LogP contribution in [0, 0.1) is 5.92 Å². The zero-order chi connectivity index (χ0) is 14.7. The van der Waals surface area contributed by atoms with E-state index < -0.39 is 0 Å². The van der Waals surface area contributed by atoms with Gasteiger partial charge >= 0.3 is 0 Å². The van der Waals surface area contributed by atoms with Crippen LogP contribution in [0.1, 0.15) is 57.8 Å². The van der Waals surface area contributed by atoms with Crippen molar-refractivity contribution in [1.82, 2.24) is 10.2 Å². The Kier molecular flexibility index (Phi) is 4.85. The second kappa shape index (κ2) is 6.66. The Bertz CT molecular complexity index is 354. The Morgan fingerprint density at radius 2 is 1.81 bits per heavy atom. The highest BCUT2D eigenvalue weighted by Crippen LogP contribution is 2.32. The number of ether oxygens (including phenoxy) is 1. The van der Waals surface area contributed by atoms with Crippen LogP contribution < -0.4 is 5.32 Å². The Morgan fingerprint density at radius 3 is 2.33 bits per heavy atom. The van der Waals surface area contributed by atoms with Crippen molar-refractivity contribution < 1.29 is 9.53 Å². The summed E-state index contributed by atoms with van der Waals surface area (Å²) in [6, 6.07) is 0.559. The highest BCUT2D eigenvalue weighted by molar-refractivity contribution is 5.79. The molecule has 1 heterocycles. The molecule has 1 saturated heterocycles. The molecule has 1 amide bonds. The van der Waals surface area contributed by atoms with Gasteiger partial charge in [-0.25, -0.2) is 0 Å². The molecule has 0 aromatic carbocycles. The fourth-order valence-electron chi connectivity index (χ4n) is 4.25. The predicted molar refractivity (Wildman–Crippen MR) is 83.2 cm³/mol. The van der Waals surface area contributed by atoms with E-state index in [9.17, 15) is 4.79 Å². The molecule has 1 N–H and O–H groups in total. The zero-order valence-electron chi connectivity index (χ0n) is 13.4. The molecule has 0 spiro atoms. The van der Waals surface area contributed by atoms with E-state index in [-0.39, 0.29) is 5.54 Å². The Labute approximate surface area is 128 Å². The lowest BCUT2D eigenvalue weighted by Gasteiger charge is -2.40. The van der Waals surface area contributed by atoms with Crippen LogP contribution in [0.4, 0.5) is 0 Å². The first-order chi connectivity index (χ1) is 10.2. The van der Waals surface area contributed by atoms with Crippen LogP contribution in [0.3, 0.4) is 0 Å². The van der Waals surface area contributed by atoms with Gasteiger partial charge in [0.05, 0.1) is 6.61 Å². The van der Waals surface area contributed by atoms with Gasteiger partial charge in [-0.2, -0.15) is 0 Å². The summed E-state index contributed by atoms with van der Waals surface area (Å²) in [5.41, 5.74) is 0.208. The van der Waals surface area contributed by atoms with Crippen molar-refractivity contribution in [2.24, 2.45) is 5.92 Å². The molecule has 3 rings (SSSR count). The lowest BCUT2D eigenvalue weighted by molar-refractivity contribution is -0.139. The summed E-state index contributed by atoms with van der Waals surface area (Å²) < 4.78 is 5.46. The van der Waals surface area contributed by atoms with Gasteiger partial charge in [-0.1, -0.05) is 19.3 Å². The molecule has 3 fully saturated rings.